The maximum absolute atomic E-state index is 11.9. The Bertz CT molecular complexity index is 478. The third kappa shape index (κ3) is 5.32. The van der Waals surface area contributed by atoms with Gasteiger partial charge in [0, 0.05) is 31.4 Å². The Labute approximate surface area is 128 Å². The quantitative estimate of drug-likeness (QED) is 0.454. The van der Waals surface area contributed by atoms with Crippen molar-refractivity contribution in [1.29, 1.82) is 0 Å². The Hall–Kier alpha value is -1.66. The number of amides is 1. The van der Waals surface area contributed by atoms with Gasteiger partial charge in [-0.25, -0.2) is 0 Å². The topological polar surface area (TPSA) is 81.5 Å². The van der Waals surface area contributed by atoms with Gasteiger partial charge in [-0.2, -0.15) is 0 Å². The number of nitro benzene ring substituents is 1. The molecule has 2 atom stereocenters. The third-order valence-corrected chi connectivity index (χ3v) is 3.51. The van der Waals surface area contributed by atoms with Crippen LogP contribution in [0.3, 0.4) is 0 Å². The fourth-order valence-corrected chi connectivity index (χ4v) is 2.20. The molecule has 116 valence electrons. The standard InChI is InChI=1S/C14H19ClN2O4/c1-3-4-13(21-2)12(15)9-16-14(18)10-5-7-11(8-6-10)17(19)20/h5-8,12-13H,3-4,9H2,1-2H3,(H,16,18)/t12-,13+/m1/s1. The summed E-state index contributed by atoms with van der Waals surface area (Å²) in [5, 5.41) is 12.9. The van der Waals surface area contributed by atoms with Crippen molar-refractivity contribution in [1.82, 2.24) is 5.32 Å². The number of nitrogens with zero attached hydrogens (tertiary/aromatic N) is 1. The Morgan fingerprint density at radius 1 is 1.43 bits per heavy atom. The first-order valence-electron chi connectivity index (χ1n) is 6.69. The lowest BCUT2D eigenvalue weighted by Gasteiger charge is -2.20. The average Bonchev–Trinajstić information content (AvgIpc) is 2.49. The summed E-state index contributed by atoms with van der Waals surface area (Å²) in [7, 11) is 1.59. The number of halogens is 1. The number of carbonyl (C=O) groups excluding carboxylic acids is 1. The van der Waals surface area contributed by atoms with Gasteiger partial charge in [0.15, 0.2) is 0 Å². The maximum atomic E-state index is 11.9. The normalized spacial score (nSPS) is 13.5. The molecular formula is C14H19ClN2O4. The molecular weight excluding hydrogens is 296 g/mol. The Balaban J connectivity index is 2.55. The van der Waals surface area contributed by atoms with Crippen molar-refractivity contribution in [3.8, 4) is 0 Å². The fraction of sp³-hybridized carbons (Fsp3) is 0.500. The molecule has 0 heterocycles. The molecule has 0 fully saturated rings. The summed E-state index contributed by atoms with van der Waals surface area (Å²) in [5.41, 5.74) is 0.304. The smallest absolute Gasteiger partial charge is 0.269 e. The van der Waals surface area contributed by atoms with E-state index in [1.165, 1.54) is 24.3 Å². The Morgan fingerprint density at radius 2 is 2.05 bits per heavy atom. The van der Waals surface area contributed by atoms with Crippen LogP contribution in [-0.4, -0.2) is 36.0 Å². The molecule has 0 aliphatic rings. The first-order valence-corrected chi connectivity index (χ1v) is 7.12. The average molecular weight is 315 g/mol. The van der Waals surface area contributed by atoms with Crippen LogP contribution in [0.2, 0.25) is 0 Å². The van der Waals surface area contributed by atoms with Crippen molar-refractivity contribution in [3.05, 3.63) is 39.9 Å². The monoisotopic (exact) mass is 314 g/mol. The van der Waals surface area contributed by atoms with Crippen LogP contribution in [0.15, 0.2) is 24.3 Å². The van der Waals surface area contributed by atoms with E-state index in [-0.39, 0.29) is 29.6 Å². The van der Waals surface area contributed by atoms with Gasteiger partial charge < -0.3 is 10.1 Å². The number of alkyl halides is 1. The van der Waals surface area contributed by atoms with Crippen molar-refractivity contribution in [2.24, 2.45) is 0 Å². The Kier molecular flexibility index (Phi) is 7.11. The second-order valence-corrected chi connectivity index (χ2v) is 5.15. The van der Waals surface area contributed by atoms with Crippen LogP contribution in [0.5, 0.6) is 0 Å². The molecule has 1 aromatic carbocycles. The van der Waals surface area contributed by atoms with Crippen LogP contribution in [-0.2, 0) is 4.74 Å². The number of carbonyl (C=O) groups is 1. The van der Waals surface area contributed by atoms with Gasteiger partial charge in [-0.05, 0) is 18.6 Å². The minimum atomic E-state index is -0.510. The van der Waals surface area contributed by atoms with Crippen LogP contribution < -0.4 is 5.32 Å². The van der Waals surface area contributed by atoms with Crippen LogP contribution in [0.4, 0.5) is 5.69 Å². The zero-order valence-corrected chi connectivity index (χ0v) is 12.8. The highest BCUT2D eigenvalue weighted by Gasteiger charge is 2.19. The van der Waals surface area contributed by atoms with E-state index in [4.69, 9.17) is 16.3 Å². The first kappa shape index (κ1) is 17.4. The number of nitro groups is 1. The van der Waals surface area contributed by atoms with E-state index in [9.17, 15) is 14.9 Å². The van der Waals surface area contributed by atoms with Crippen LogP contribution in [0.25, 0.3) is 0 Å². The molecule has 6 nitrogen and oxygen atoms in total. The second kappa shape index (κ2) is 8.59. The minimum Gasteiger partial charge on any atom is -0.380 e. The molecule has 0 bridgehead atoms. The van der Waals surface area contributed by atoms with Gasteiger partial charge in [-0.15, -0.1) is 11.6 Å². The number of non-ortho nitro benzene ring substituents is 1. The number of hydrogen-bond acceptors (Lipinski definition) is 4. The number of nitrogens with one attached hydrogen (secondary N) is 1. The lowest BCUT2D eigenvalue weighted by Crippen LogP contribution is -2.36. The van der Waals surface area contributed by atoms with Crippen LogP contribution in [0.1, 0.15) is 30.1 Å². The predicted octanol–water partition coefficient (Wildman–Crippen LogP) is 2.75. The number of rotatable bonds is 8. The number of ether oxygens (including phenoxy) is 1. The van der Waals surface area contributed by atoms with Crippen molar-refractivity contribution >= 4 is 23.2 Å². The van der Waals surface area contributed by atoms with E-state index in [0.29, 0.717) is 5.56 Å². The largest absolute Gasteiger partial charge is 0.380 e. The van der Waals surface area contributed by atoms with Gasteiger partial charge >= 0.3 is 0 Å². The molecule has 0 aromatic heterocycles. The lowest BCUT2D eigenvalue weighted by atomic mass is 10.1. The zero-order valence-electron chi connectivity index (χ0n) is 12.0. The van der Waals surface area contributed by atoms with Crippen molar-refractivity contribution in [3.63, 3.8) is 0 Å². The van der Waals surface area contributed by atoms with E-state index in [1.807, 2.05) is 6.92 Å². The summed E-state index contributed by atoms with van der Waals surface area (Å²) >= 11 is 6.20. The molecule has 0 saturated heterocycles. The third-order valence-electron chi connectivity index (χ3n) is 3.08. The van der Waals surface area contributed by atoms with Gasteiger partial charge in [-0.1, -0.05) is 13.3 Å². The van der Waals surface area contributed by atoms with E-state index in [2.05, 4.69) is 5.32 Å². The van der Waals surface area contributed by atoms with E-state index in [0.717, 1.165) is 12.8 Å². The molecule has 7 heteroatoms. The Morgan fingerprint density at radius 3 is 2.52 bits per heavy atom. The molecule has 21 heavy (non-hydrogen) atoms. The molecule has 0 radical (unpaired) electrons. The van der Waals surface area contributed by atoms with Crippen LogP contribution in [0, 0.1) is 10.1 Å². The zero-order chi connectivity index (χ0) is 15.8. The number of benzene rings is 1. The molecule has 0 aliphatic heterocycles. The summed E-state index contributed by atoms with van der Waals surface area (Å²) in [6.07, 6.45) is 1.64. The van der Waals surface area contributed by atoms with E-state index < -0.39 is 4.92 Å². The van der Waals surface area contributed by atoms with Gasteiger partial charge in [0.25, 0.3) is 11.6 Å². The highest BCUT2D eigenvalue weighted by Crippen LogP contribution is 2.13. The summed E-state index contributed by atoms with van der Waals surface area (Å²) in [5.74, 6) is -0.318. The predicted molar refractivity (Wildman–Crippen MR) is 80.8 cm³/mol. The van der Waals surface area contributed by atoms with Crippen molar-refractivity contribution in [2.45, 2.75) is 31.2 Å². The highest BCUT2D eigenvalue weighted by atomic mass is 35.5. The second-order valence-electron chi connectivity index (χ2n) is 4.59. The molecule has 1 aromatic rings. The highest BCUT2D eigenvalue weighted by molar-refractivity contribution is 6.21. The van der Waals surface area contributed by atoms with Crippen LogP contribution >= 0.6 is 11.6 Å². The molecule has 1 N–H and O–H groups in total. The number of methoxy groups -OCH3 is 1. The molecule has 1 rings (SSSR count). The van der Waals surface area contributed by atoms with Crippen molar-refractivity contribution in [2.75, 3.05) is 13.7 Å². The molecule has 1 amide bonds. The maximum Gasteiger partial charge on any atom is 0.269 e. The van der Waals surface area contributed by atoms with Gasteiger partial charge in [0.2, 0.25) is 0 Å². The molecule has 0 saturated carbocycles. The molecule has 0 spiro atoms. The minimum absolute atomic E-state index is 0.0517. The summed E-state index contributed by atoms with van der Waals surface area (Å²) in [6, 6.07) is 5.41. The fourth-order valence-electron chi connectivity index (χ4n) is 1.89. The summed E-state index contributed by atoms with van der Waals surface area (Å²) in [4.78, 5) is 21.9. The van der Waals surface area contributed by atoms with E-state index in [1.54, 1.807) is 7.11 Å². The van der Waals surface area contributed by atoms with Crippen molar-refractivity contribution < 1.29 is 14.5 Å². The van der Waals surface area contributed by atoms with Gasteiger partial charge in [0.05, 0.1) is 16.4 Å². The van der Waals surface area contributed by atoms with E-state index >= 15 is 0 Å². The summed E-state index contributed by atoms with van der Waals surface area (Å²) < 4.78 is 5.27. The number of hydrogen-bond donors (Lipinski definition) is 1. The summed E-state index contributed by atoms with van der Waals surface area (Å²) in [6.45, 7) is 2.31. The SMILES string of the molecule is CCC[C@H](OC)[C@H](Cl)CNC(=O)c1ccc([N+](=O)[O-])cc1. The molecule has 0 aliphatic carbocycles. The first-order chi connectivity index (χ1) is 9.99. The lowest BCUT2D eigenvalue weighted by molar-refractivity contribution is -0.384. The molecule has 0 unspecified atom stereocenters. The van der Waals surface area contributed by atoms with Gasteiger partial charge in [0.1, 0.15) is 0 Å². The van der Waals surface area contributed by atoms with Gasteiger partial charge in [-0.3, -0.25) is 14.9 Å².